The number of sulfone groups is 1. The zero-order chi connectivity index (χ0) is 8.20. The molecule has 0 amide bonds. The number of hydrogen-bond acceptors (Lipinski definition) is 3. The van der Waals surface area contributed by atoms with Crippen molar-refractivity contribution in [2.75, 3.05) is 18.1 Å². The summed E-state index contributed by atoms with van der Waals surface area (Å²) in [6.45, 7) is 1.80. The topological polar surface area (TPSA) is 60.2 Å². The first-order valence-electron chi connectivity index (χ1n) is 3.06. The maximum absolute atomic E-state index is 10.8. The van der Waals surface area contributed by atoms with Crippen LogP contribution in [0.4, 0.5) is 0 Å². The Morgan fingerprint density at radius 2 is 2.10 bits per heavy atom. The first-order valence-corrected chi connectivity index (χ1v) is 5.32. The summed E-state index contributed by atoms with van der Waals surface area (Å²) in [4.78, 5) is 0. The lowest BCUT2D eigenvalue weighted by Crippen LogP contribution is -2.24. The number of hydrogen-bond donors (Lipinski definition) is 1. The van der Waals surface area contributed by atoms with Gasteiger partial charge in [0.05, 0.1) is 11.1 Å². The van der Waals surface area contributed by atoms with E-state index in [-0.39, 0.29) is 18.1 Å². The van der Waals surface area contributed by atoms with E-state index in [0.29, 0.717) is 0 Å². The zero-order valence-electron chi connectivity index (χ0n) is 5.88. The molecule has 0 saturated carbocycles. The van der Waals surface area contributed by atoms with Gasteiger partial charge in [0.2, 0.25) is 0 Å². The van der Waals surface area contributed by atoms with Crippen molar-refractivity contribution in [2.24, 2.45) is 5.73 Å². The highest BCUT2D eigenvalue weighted by atomic mass is 35.5. The van der Waals surface area contributed by atoms with E-state index in [1.807, 2.05) is 0 Å². The lowest BCUT2D eigenvalue weighted by molar-refractivity contribution is 0.595. The van der Waals surface area contributed by atoms with Gasteiger partial charge in [0.15, 0.2) is 9.84 Å². The third-order valence-electron chi connectivity index (χ3n) is 1.13. The second-order valence-electron chi connectivity index (χ2n) is 2.03. The van der Waals surface area contributed by atoms with Crippen LogP contribution in [0, 0.1) is 0 Å². The van der Waals surface area contributed by atoms with Crippen LogP contribution in [0.1, 0.15) is 6.92 Å². The minimum Gasteiger partial charge on any atom is -0.329 e. The Morgan fingerprint density at radius 3 is 2.40 bits per heavy atom. The first kappa shape index (κ1) is 10.2. The minimum atomic E-state index is -2.94. The van der Waals surface area contributed by atoms with Crippen LogP contribution in [-0.2, 0) is 9.84 Å². The number of alkyl halides is 1. The monoisotopic (exact) mass is 185 g/mol. The normalized spacial score (nSPS) is 15.1. The van der Waals surface area contributed by atoms with Gasteiger partial charge in [0.1, 0.15) is 0 Å². The summed E-state index contributed by atoms with van der Waals surface area (Å²) in [5.41, 5.74) is 5.14. The van der Waals surface area contributed by atoms with Crippen molar-refractivity contribution < 1.29 is 8.42 Å². The van der Waals surface area contributed by atoms with Crippen LogP contribution in [0.5, 0.6) is 0 Å². The molecule has 0 rings (SSSR count). The van der Waals surface area contributed by atoms with E-state index in [9.17, 15) is 8.42 Å². The van der Waals surface area contributed by atoms with Crippen LogP contribution in [0.15, 0.2) is 0 Å². The number of halogens is 1. The highest BCUT2D eigenvalue weighted by Crippen LogP contribution is 1.99. The molecule has 0 spiro atoms. The molecule has 0 aliphatic carbocycles. The molecule has 3 nitrogen and oxygen atoms in total. The number of rotatable bonds is 4. The standard InChI is InChI=1S/C5H12ClNO2S/c1-2-10(8,9)4-5(6)3-7/h5H,2-4,7H2,1H3. The molecule has 0 aromatic carbocycles. The Kier molecular flexibility index (Phi) is 4.24. The van der Waals surface area contributed by atoms with Gasteiger partial charge >= 0.3 is 0 Å². The van der Waals surface area contributed by atoms with Crippen LogP contribution in [-0.4, -0.2) is 31.8 Å². The Bertz CT molecular complexity index is 178. The van der Waals surface area contributed by atoms with Crippen LogP contribution in [0.25, 0.3) is 0 Å². The van der Waals surface area contributed by atoms with Gasteiger partial charge in [0.25, 0.3) is 0 Å². The summed E-state index contributed by atoms with van der Waals surface area (Å²) in [5, 5.41) is -0.440. The summed E-state index contributed by atoms with van der Waals surface area (Å²) in [6.07, 6.45) is 0. The Labute approximate surface area is 66.5 Å². The van der Waals surface area contributed by atoms with Crippen molar-refractivity contribution in [1.82, 2.24) is 0 Å². The van der Waals surface area contributed by atoms with Gasteiger partial charge in [-0.15, -0.1) is 11.6 Å². The molecule has 0 fully saturated rings. The van der Waals surface area contributed by atoms with E-state index in [2.05, 4.69) is 0 Å². The van der Waals surface area contributed by atoms with E-state index in [1.54, 1.807) is 6.92 Å². The Balaban J connectivity index is 3.90. The second kappa shape index (κ2) is 4.16. The SMILES string of the molecule is CCS(=O)(=O)CC(Cl)CN. The van der Waals surface area contributed by atoms with Crippen molar-refractivity contribution >= 4 is 21.4 Å². The van der Waals surface area contributed by atoms with Crippen molar-refractivity contribution in [1.29, 1.82) is 0 Å². The quantitative estimate of drug-likeness (QED) is 0.627. The molecule has 0 aliphatic heterocycles. The van der Waals surface area contributed by atoms with Gasteiger partial charge in [-0.3, -0.25) is 0 Å². The summed E-state index contributed by atoms with van der Waals surface area (Å²) >= 11 is 5.52. The number of nitrogens with two attached hydrogens (primary N) is 1. The first-order chi connectivity index (χ1) is 4.52. The molecule has 10 heavy (non-hydrogen) atoms. The predicted octanol–water partition coefficient (Wildman–Crippen LogP) is -0.0128. The fourth-order valence-electron chi connectivity index (χ4n) is 0.461. The van der Waals surface area contributed by atoms with Gasteiger partial charge in [-0.2, -0.15) is 0 Å². The molecule has 0 saturated heterocycles. The third kappa shape index (κ3) is 4.09. The molecule has 0 heterocycles. The van der Waals surface area contributed by atoms with E-state index in [4.69, 9.17) is 17.3 Å². The summed E-state index contributed by atoms with van der Waals surface area (Å²) in [6, 6.07) is 0. The molecule has 0 aromatic heterocycles. The lowest BCUT2D eigenvalue weighted by atomic mass is 10.5. The van der Waals surface area contributed by atoms with E-state index in [0.717, 1.165) is 0 Å². The molecule has 1 unspecified atom stereocenters. The van der Waals surface area contributed by atoms with Gasteiger partial charge in [-0.25, -0.2) is 8.42 Å². The van der Waals surface area contributed by atoms with Gasteiger partial charge in [-0.1, -0.05) is 6.92 Å². The van der Waals surface area contributed by atoms with E-state index >= 15 is 0 Å². The van der Waals surface area contributed by atoms with Gasteiger partial charge in [-0.05, 0) is 0 Å². The molecule has 0 aliphatic rings. The summed E-state index contributed by atoms with van der Waals surface area (Å²) in [5.74, 6) is 0.123. The fraction of sp³-hybridized carbons (Fsp3) is 1.00. The maximum atomic E-state index is 10.8. The Hall–Kier alpha value is 0.200. The molecule has 62 valence electrons. The second-order valence-corrected chi connectivity index (χ2v) is 5.05. The van der Waals surface area contributed by atoms with E-state index < -0.39 is 15.2 Å². The molecule has 5 heteroatoms. The van der Waals surface area contributed by atoms with Crippen LogP contribution in [0.2, 0.25) is 0 Å². The molecule has 1 atom stereocenters. The average molecular weight is 186 g/mol. The Morgan fingerprint density at radius 1 is 1.60 bits per heavy atom. The smallest absolute Gasteiger partial charge is 0.151 e. The van der Waals surface area contributed by atoms with Gasteiger partial charge in [0, 0.05) is 12.3 Å². The summed E-state index contributed by atoms with van der Waals surface area (Å²) in [7, 11) is -2.94. The molecule has 0 aromatic rings. The fourth-order valence-corrected chi connectivity index (χ4v) is 1.96. The minimum absolute atomic E-state index is 0.0123. The lowest BCUT2D eigenvalue weighted by Gasteiger charge is -2.04. The van der Waals surface area contributed by atoms with Crippen molar-refractivity contribution in [2.45, 2.75) is 12.3 Å². The molecule has 0 radical (unpaired) electrons. The van der Waals surface area contributed by atoms with E-state index in [1.165, 1.54) is 0 Å². The molecule has 2 N–H and O–H groups in total. The maximum Gasteiger partial charge on any atom is 0.151 e. The van der Waals surface area contributed by atoms with Gasteiger partial charge < -0.3 is 5.73 Å². The molecular formula is C5H12ClNO2S. The molecular weight excluding hydrogens is 174 g/mol. The van der Waals surface area contributed by atoms with Crippen LogP contribution < -0.4 is 5.73 Å². The zero-order valence-corrected chi connectivity index (χ0v) is 7.45. The van der Waals surface area contributed by atoms with Crippen molar-refractivity contribution in [3.05, 3.63) is 0 Å². The van der Waals surface area contributed by atoms with Crippen molar-refractivity contribution in [3.63, 3.8) is 0 Å². The average Bonchev–Trinajstić information content (AvgIpc) is 1.87. The van der Waals surface area contributed by atoms with Crippen LogP contribution >= 0.6 is 11.6 Å². The van der Waals surface area contributed by atoms with Crippen molar-refractivity contribution in [3.8, 4) is 0 Å². The largest absolute Gasteiger partial charge is 0.329 e. The highest BCUT2D eigenvalue weighted by molar-refractivity contribution is 7.91. The summed E-state index contributed by atoms with van der Waals surface area (Å²) < 4.78 is 21.7. The predicted molar refractivity (Wildman–Crippen MR) is 43.0 cm³/mol. The van der Waals surface area contributed by atoms with Crippen LogP contribution in [0.3, 0.4) is 0 Å². The highest BCUT2D eigenvalue weighted by Gasteiger charge is 2.13. The third-order valence-corrected chi connectivity index (χ3v) is 3.44. The molecule has 0 bridgehead atoms.